The molecule has 1 unspecified atom stereocenters. The third kappa shape index (κ3) is 6.17. The topological polar surface area (TPSA) is 32.7 Å². The number of alkyl halides is 3. The lowest BCUT2D eigenvalue weighted by atomic mass is 10.3. The summed E-state index contributed by atoms with van der Waals surface area (Å²) < 4.78 is 40.6. The Morgan fingerprint density at radius 2 is 2.00 bits per heavy atom. The lowest BCUT2D eigenvalue weighted by Gasteiger charge is -2.21. The fraction of sp³-hybridized carbons (Fsp3) is 1.00. The van der Waals surface area contributed by atoms with E-state index in [-0.39, 0.29) is 0 Å². The minimum absolute atomic E-state index is 0.373. The van der Waals surface area contributed by atoms with Gasteiger partial charge in [-0.2, -0.15) is 13.2 Å². The summed E-state index contributed by atoms with van der Waals surface area (Å²) in [6, 6.07) is 0. The van der Waals surface area contributed by atoms with Gasteiger partial charge in [0.15, 0.2) is 6.10 Å². The molecule has 0 heterocycles. The molecule has 3 nitrogen and oxygen atoms in total. The molecule has 0 aromatic carbocycles. The number of aliphatic hydroxyl groups excluding tert-OH is 1. The highest BCUT2D eigenvalue weighted by atomic mass is 19.4. The first-order valence-corrected chi connectivity index (χ1v) is 4.39. The first-order chi connectivity index (χ1) is 6.38. The molecule has 0 saturated heterocycles. The van der Waals surface area contributed by atoms with Crippen molar-refractivity contribution >= 4 is 0 Å². The Morgan fingerprint density at radius 1 is 1.43 bits per heavy atom. The second kappa shape index (κ2) is 6.21. The number of hydrogen-bond donors (Lipinski definition) is 1. The first kappa shape index (κ1) is 13.7. The molecule has 0 saturated carbocycles. The summed E-state index contributed by atoms with van der Waals surface area (Å²) in [5, 5.41) is 8.71. The Morgan fingerprint density at radius 3 is 2.43 bits per heavy atom. The lowest BCUT2D eigenvalue weighted by Crippen LogP contribution is -2.40. The molecule has 0 rings (SSSR count). The molecule has 1 atom stereocenters. The van der Waals surface area contributed by atoms with Crippen molar-refractivity contribution in [2.24, 2.45) is 0 Å². The Balaban J connectivity index is 3.66. The van der Waals surface area contributed by atoms with E-state index >= 15 is 0 Å². The van der Waals surface area contributed by atoms with Crippen molar-refractivity contribution in [3.63, 3.8) is 0 Å². The van der Waals surface area contributed by atoms with E-state index in [0.717, 1.165) is 0 Å². The van der Waals surface area contributed by atoms with E-state index in [1.165, 1.54) is 11.9 Å². The maximum atomic E-state index is 11.9. The molecule has 0 fully saturated rings. The molecule has 86 valence electrons. The molecule has 0 aliphatic carbocycles. The Hall–Kier alpha value is -0.330. The number of ether oxygens (including phenoxy) is 1. The van der Waals surface area contributed by atoms with Gasteiger partial charge in [0.2, 0.25) is 0 Å². The van der Waals surface area contributed by atoms with Crippen molar-refractivity contribution in [3.05, 3.63) is 0 Å². The van der Waals surface area contributed by atoms with Crippen molar-refractivity contribution in [3.8, 4) is 0 Å². The predicted octanol–water partition coefficient (Wildman–Crippen LogP) is 0.878. The first-order valence-electron chi connectivity index (χ1n) is 4.39. The lowest BCUT2D eigenvalue weighted by molar-refractivity contribution is -0.207. The number of halogens is 3. The van der Waals surface area contributed by atoms with E-state index in [0.29, 0.717) is 19.8 Å². The van der Waals surface area contributed by atoms with Crippen LogP contribution in [0.1, 0.15) is 6.92 Å². The maximum Gasteiger partial charge on any atom is 0.415 e. The second-order valence-electron chi connectivity index (χ2n) is 3.02. The van der Waals surface area contributed by atoms with Gasteiger partial charge in [-0.15, -0.1) is 0 Å². The van der Waals surface area contributed by atoms with E-state index in [9.17, 15) is 13.2 Å². The third-order valence-corrected chi connectivity index (χ3v) is 1.68. The molecule has 14 heavy (non-hydrogen) atoms. The van der Waals surface area contributed by atoms with Crippen molar-refractivity contribution in [2.75, 3.05) is 33.4 Å². The van der Waals surface area contributed by atoms with Crippen molar-refractivity contribution in [1.82, 2.24) is 4.90 Å². The van der Waals surface area contributed by atoms with E-state index < -0.39 is 18.8 Å². The smallest absolute Gasteiger partial charge is 0.382 e. The van der Waals surface area contributed by atoms with Crippen LogP contribution in [0.5, 0.6) is 0 Å². The Kier molecular flexibility index (Phi) is 6.06. The van der Waals surface area contributed by atoms with E-state index in [2.05, 4.69) is 0 Å². The van der Waals surface area contributed by atoms with Crippen LogP contribution in [0.2, 0.25) is 0 Å². The molecule has 1 N–H and O–H groups in total. The van der Waals surface area contributed by atoms with Gasteiger partial charge in [-0.3, -0.25) is 0 Å². The highest BCUT2D eigenvalue weighted by Gasteiger charge is 2.38. The minimum atomic E-state index is -4.54. The summed E-state index contributed by atoms with van der Waals surface area (Å²) in [6.07, 6.45) is -6.83. The van der Waals surface area contributed by atoms with E-state index in [1.54, 1.807) is 0 Å². The highest BCUT2D eigenvalue weighted by Crippen LogP contribution is 2.20. The predicted molar refractivity (Wildman–Crippen MR) is 46.1 cm³/mol. The van der Waals surface area contributed by atoms with Crippen molar-refractivity contribution in [1.29, 1.82) is 0 Å². The molecular weight excluding hydrogens is 199 g/mol. The highest BCUT2D eigenvalue weighted by molar-refractivity contribution is 4.68. The molecule has 0 radical (unpaired) electrons. The fourth-order valence-corrected chi connectivity index (χ4v) is 0.855. The largest absolute Gasteiger partial charge is 0.415 e. The molecule has 0 bridgehead atoms. The van der Waals surface area contributed by atoms with Gasteiger partial charge < -0.3 is 14.7 Å². The third-order valence-electron chi connectivity index (χ3n) is 1.68. The van der Waals surface area contributed by atoms with Gasteiger partial charge in [-0.1, -0.05) is 0 Å². The van der Waals surface area contributed by atoms with Crippen molar-refractivity contribution < 1.29 is 23.0 Å². The molecule has 0 spiro atoms. The minimum Gasteiger partial charge on any atom is -0.382 e. The van der Waals surface area contributed by atoms with Crippen LogP contribution in [0.4, 0.5) is 13.2 Å². The number of nitrogens with zero attached hydrogens (tertiary/aromatic N) is 1. The van der Waals surface area contributed by atoms with Gasteiger partial charge in [0.25, 0.3) is 0 Å². The number of likely N-dealkylation sites (N-methyl/N-ethyl adjacent to an activating group) is 1. The molecule has 0 aromatic heterocycles. The van der Waals surface area contributed by atoms with Crippen LogP contribution < -0.4 is 0 Å². The summed E-state index contributed by atoms with van der Waals surface area (Å²) >= 11 is 0. The molecule has 0 amide bonds. The normalized spacial score (nSPS) is 14.8. The van der Waals surface area contributed by atoms with E-state index in [4.69, 9.17) is 9.84 Å². The van der Waals surface area contributed by atoms with Crippen LogP contribution in [0.25, 0.3) is 0 Å². The average molecular weight is 215 g/mol. The van der Waals surface area contributed by atoms with Crippen LogP contribution in [0, 0.1) is 0 Å². The van der Waals surface area contributed by atoms with E-state index in [1.807, 2.05) is 6.92 Å². The van der Waals surface area contributed by atoms with Crippen LogP contribution >= 0.6 is 0 Å². The van der Waals surface area contributed by atoms with Gasteiger partial charge in [0.05, 0.1) is 6.61 Å². The van der Waals surface area contributed by atoms with Gasteiger partial charge in [-0.25, -0.2) is 0 Å². The summed E-state index contributed by atoms with van der Waals surface area (Å²) in [4.78, 5) is 1.38. The fourth-order valence-electron chi connectivity index (χ4n) is 0.855. The van der Waals surface area contributed by atoms with Crippen LogP contribution in [-0.2, 0) is 4.74 Å². The number of rotatable bonds is 6. The summed E-state index contributed by atoms with van der Waals surface area (Å²) in [6.45, 7) is 2.68. The maximum absolute atomic E-state index is 11.9. The van der Waals surface area contributed by atoms with Gasteiger partial charge >= 0.3 is 6.18 Å². The van der Waals surface area contributed by atoms with Crippen molar-refractivity contribution in [2.45, 2.75) is 19.2 Å². The zero-order valence-electron chi connectivity index (χ0n) is 8.34. The summed E-state index contributed by atoms with van der Waals surface area (Å²) in [7, 11) is 1.51. The summed E-state index contributed by atoms with van der Waals surface area (Å²) in [5.41, 5.74) is 0. The zero-order chi connectivity index (χ0) is 11.2. The average Bonchev–Trinajstić information content (AvgIpc) is 2.03. The SMILES string of the molecule is CCOCCN(C)CC(O)C(F)(F)F. The molecule has 6 heteroatoms. The van der Waals surface area contributed by atoms with Gasteiger partial charge in [-0.05, 0) is 14.0 Å². The molecule has 0 aliphatic heterocycles. The Labute approximate surface area is 81.5 Å². The monoisotopic (exact) mass is 215 g/mol. The number of aliphatic hydroxyl groups is 1. The van der Waals surface area contributed by atoms with Gasteiger partial charge in [0, 0.05) is 19.7 Å². The second-order valence-corrected chi connectivity index (χ2v) is 3.02. The summed E-state index contributed by atoms with van der Waals surface area (Å²) in [5.74, 6) is 0. The quantitative estimate of drug-likeness (QED) is 0.667. The van der Waals surface area contributed by atoms with Crippen LogP contribution in [-0.4, -0.2) is 55.6 Å². The Bertz CT molecular complexity index is 152. The molecular formula is C8H16F3NO2. The van der Waals surface area contributed by atoms with Crippen LogP contribution in [0.3, 0.4) is 0 Å². The zero-order valence-corrected chi connectivity index (χ0v) is 8.34. The molecule has 0 aliphatic rings. The molecule has 0 aromatic rings. The van der Waals surface area contributed by atoms with Crippen LogP contribution in [0.15, 0.2) is 0 Å². The number of hydrogen-bond acceptors (Lipinski definition) is 3. The van der Waals surface area contributed by atoms with Gasteiger partial charge in [0.1, 0.15) is 0 Å². The standard InChI is InChI=1S/C8H16F3NO2/c1-3-14-5-4-12(2)6-7(13)8(9,10)11/h7,13H,3-6H2,1-2H3.